The van der Waals surface area contributed by atoms with Gasteiger partial charge in [-0.05, 0) is 43.3 Å². The molecule has 0 atom stereocenters. The number of Topliss-reactive ketones (excluding diaryl/α,β-unsaturated/α-hetero) is 1. The SMILES string of the molecule is COc1cc(NC(=O)Cc2cccs2)c(C(=O)OCC(=O)c2c(C)cc(C)cc2C)cc1OC. The van der Waals surface area contributed by atoms with Crippen molar-refractivity contribution >= 4 is 34.7 Å². The van der Waals surface area contributed by atoms with Crippen molar-refractivity contribution in [2.24, 2.45) is 0 Å². The number of carbonyl (C=O) groups is 3. The zero-order valence-corrected chi connectivity index (χ0v) is 20.6. The van der Waals surface area contributed by atoms with Crippen molar-refractivity contribution in [3.63, 3.8) is 0 Å². The van der Waals surface area contributed by atoms with Gasteiger partial charge in [-0.3, -0.25) is 9.59 Å². The molecule has 1 aromatic heterocycles. The van der Waals surface area contributed by atoms with E-state index in [2.05, 4.69) is 5.32 Å². The molecule has 0 saturated carbocycles. The number of amides is 1. The Labute approximate surface area is 202 Å². The molecule has 0 aliphatic carbocycles. The van der Waals surface area contributed by atoms with Crippen molar-refractivity contribution in [1.82, 2.24) is 0 Å². The Hall–Kier alpha value is -3.65. The second-order valence-electron chi connectivity index (χ2n) is 7.83. The lowest BCUT2D eigenvalue weighted by molar-refractivity contribution is -0.115. The van der Waals surface area contributed by atoms with E-state index in [4.69, 9.17) is 14.2 Å². The first-order chi connectivity index (χ1) is 16.2. The maximum absolute atomic E-state index is 13.0. The molecule has 7 nitrogen and oxygen atoms in total. The van der Waals surface area contributed by atoms with Crippen LogP contribution >= 0.6 is 11.3 Å². The number of esters is 1. The summed E-state index contributed by atoms with van der Waals surface area (Å²) in [4.78, 5) is 39.2. The van der Waals surface area contributed by atoms with E-state index in [1.54, 1.807) is 0 Å². The monoisotopic (exact) mass is 481 g/mol. The van der Waals surface area contributed by atoms with E-state index in [-0.39, 0.29) is 29.4 Å². The zero-order chi connectivity index (χ0) is 24.8. The predicted molar refractivity (Wildman–Crippen MR) is 131 cm³/mol. The highest BCUT2D eigenvalue weighted by atomic mass is 32.1. The number of ketones is 1. The van der Waals surface area contributed by atoms with Gasteiger partial charge in [-0.1, -0.05) is 23.8 Å². The third-order valence-electron chi connectivity index (χ3n) is 5.22. The molecule has 3 rings (SSSR count). The molecule has 3 aromatic rings. The van der Waals surface area contributed by atoms with E-state index in [1.807, 2.05) is 50.4 Å². The van der Waals surface area contributed by atoms with E-state index >= 15 is 0 Å². The Morgan fingerprint density at radius 2 is 1.59 bits per heavy atom. The van der Waals surface area contributed by atoms with Crippen LogP contribution in [0.2, 0.25) is 0 Å². The third-order valence-corrected chi connectivity index (χ3v) is 6.10. The minimum absolute atomic E-state index is 0.0577. The summed E-state index contributed by atoms with van der Waals surface area (Å²) in [5, 5.41) is 4.63. The van der Waals surface area contributed by atoms with Crippen LogP contribution in [0.15, 0.2) is 41.8 Å². The van der Waals surface area contributed by atoms with Crippen LogP contribution in [0, 0.1) is 20.8 Å². The Morgan fingerprint density at radius 1 is 0.941 bits per heavy atom. The van der Waals surface area contributed by atoms with Gasteiger partial charge in [0.05, 0.1) is 31.9 Å². The van der Waals surface area contributed by atoms with Crippen LogP contribution in [0.3, 0.4) is 0 Å². The molecule has 0 aliphatic rings. The number of benzene rings is 2. The number of rotatable bonds is 9. The highest BCUT2D eigenvalue weighted by molar-refractivity contribution is 7.10. The lowest BCUT2D eigenvalue weighted by Gasteiger charge is -2.15. The van der Waals surface area contributed by atoms with Gasteiger partial charge < -0.3 is 19.5 Å². The average Bonchev–Trinajstić information content (AvgIpc) is 3.29. The van der Waals surface area contributed by atoms with Crippen molar-refractivity contribution in [2.75, 3.05) is 26.1 Å². The highest BCUT2D eigenvalue weighted by Gasteiger charge is 2.22. The molecule has 0 aliphatic heterocycles. The molecule has 0 fully saturated rings. The van der Waals surface area contributed by atoms with E-state index in [0.717, 1.165) is 21.6 Å². The minimum atomic E-state index is -0.761. The fraction of sp³-hybridized carbons (Fsp3) is 0.269. The molecule has 0 radical (unpaired) electrons. The normalized spacial score (nSPS) is 10.5. The molecule has 2 aromatic carbocycles. The largest absolute Gasteiger partial charge is 0.493 e. The maximum Gasteiger partial charge on any atom is 0.340 e. The number of hydrogen-bond acceptors (Lipinski definition) is 7. The Balaban J connectivity index is 1.82. The predicted octanol–water partition coefficient (Wildman–Crippen LogP) is 4.91. The number of carbonyl (C=O) groups excluding carboxylic acids is 3. The summed E-state index contributed by atoms with van der Waals surface area (Å²) in [6.45, 7) is 5.23. The van der Waals surface area contributed by atoms with Gasteiger partial charge >= 0.3 is 5.97 Å². The second-order valence-corrected chi connectivity index (χ2v) is 8.86. The fourth-order valence-corrected chi connectivity index (χ4v) is 4.52. The first-order valence-corrected chi connectivity index (χ1v) is 11.5. The van der Waals surface area contributed by atoms with Crippen LogP contribution in [0.1, 0.15) is 42.3 Å². The molecule has 1 N–H and O–H groups in total. The number of hydrogen-bond donors (Lipinski definition) is 1. The minimum Gasteiger partial charge on any atom is -0.493 e. The number of nitrogens with one attached hydrogen (secondary N) is 1. The highest BCUT2D eigenvalue weighted by Crippen LogP contribution is 2.34. The first kappa shape index (κ1) is 25.0. The van der Waals surface area contributed by atoms with Gasteiger partial charge in [0, 0.05) is 22.6 Å². The van der Waals surface area contributed by atoms with Crippen LogP contribution in [0.4, 0.5) is 5.69 Å². The number of thiophene rings is 1. The van der Waals surface area contributed by atoms with E-state index in [1.165, 1.54) is 37.7 Å². The molecule has 0 saturated heterocycles. The lowest BCUT2D eigenvalue weighted by atomic mass is 9.97. The maximum atomic E-state index is 13.0. The molecule has 0 spiro atoms. The molecular formula is C26H27NO6S. The third kappa shape index (κ3) is 5.82. The standard InChI is InChI=1S/C26H27NO6S/c1-15-9-16(2)25(17(3)10-15)21(28)14-33-26(30)19-12-22(31-4)23(32-5)13-20(19)27-24(29)11-18-7-6-8-34-18/h6-10,12-13H,11,14H2,1-5H3,(H,27,29). The number of ether oxygens (including phenoxy) is 3. The van der Waals surface area contributed by atoms with Gasteiger partial charge in [0.15, 0.2) is 18.1 Å². The zero-order valence-electron chi connectivity index (χ0n) is 19.8. The van der Waals surface area contributed by atoms with Gasteiger partial charge in [-0.25, -0.2) is 4.79 Å². The van der Waals surface area contributed by atoms with Crippen LogP contribution in [-0.4, -0.2) is 38.5 Å². The molecule has 0 unspecified atom stereocenters. The Kier molecular flexibility index (Phi) is 8.07. The smallest absolute Gasteiger partial charge is 0.340 e. The van der Waals surface area contributed by atoms with Crippen LogP contribution in [0.25, 0.3) is 0 Å². The van der Waals surface area contributed by atoms with Gasteiger partial charge in [0.2, 0.25) is 11.7 Å². The quantitative estimate of drug-likeness (QED) is 0.345. The number of methoxy groups -OCH3 is 2. The lowest BCUT2D eigenvalue weighted by Crippen LogP contribution is -2.20. The van der Waals surface area contributed by atoms with Crippen LogP contribution < -0.4 is 14.8 Å². The molecular weight excluding hydrogens is 454 g/mol. The summed E-state index contributed by atoms with van der Waals surface area (Å²) in [7, 11) is 2.90. The van der Waals surface area contributed by atoms with Crippen molar-refractivity contribution in [3.8, 4) is 11.5 Å². The summed E-state index contributed by atoms with van der Waals surface area (Å²) in [5.74, 6) is -0.726. The van der Waals surface area contributed by atoms with Gasteiger partial charge in [-0.15, -0.1) is 11.3 Å². The summed E-state index contributed by atoms with van der Waals surface area (Å²) in [6, 6.07) is 10.5. The first-order valence-electron chi connectivity index (χ1n) is 10.6. The Morgan fingerprint density at radius 3 is 2.18 bits per heavy atom. The molecule has 34 heavy (non-hydrogen) atoms. The fourth-order valence-electron chi connectivity index (χ4n) is 3.82. The van der Waals surface area contributed by atoms with Gasteiger partial charge in [0.25, 0.3) is 0 Å². The average molecular weight is 482 g/mol. The van der Waals surface area contributed by atoms with Gasteiger partial charge in [0.1, 0.15) is 0 Å². The van der Waals surface area contributed by atoms with Crippen molar-refractivity contribution in [2.45, 2.75) is 27.2 Å². The van der Waals surface area contributed by atoms with E-state index < -0.39 is 12.6 Å². The van der Waals surface area contributed by atoms with Crippen LogP contribution in [-0.2, 0) is 16.0 Å². The van der Waals surface area contributed by atoms with Gasteiger partial charge in [-0.2, -0.15) is 0 Å². The number of anilines is 1. The molecule has 178 valence electrons. The summed E-state index contributed by atoms with van der Waals surface area (Å²) in [6.07, 6.45) is 0.158. The topological polar surface area (TPSA) is 90.9 Å². The molecule has 1 heterocycles. The van der Waals surface area contributed by atoms with E-state index in [0.29, 0.717) is 17.1 Å². The van der Waals surface area contributed by atoms with Crippen molar-refractivity contribution in [3.05, 3.63) is 74.5 Å². The number of aryl methyl sites for hydroxylation is 3. The second kappa shape index (κ2) is 11.0. The van der Waals surface area contributed by atoms with Crippen molar-refractivity contribution in [1.29, 1.82) is 0 Å². The summed E-state index contributed by atoms with van der Waals surface area (Å²) < 4.78 is 16.0. The Bertz CT molecular complexity index is 1190. The molecule has 1 amide bonds. The molecule has 0 bridgehead atoms. The van der Waals surface area contributed by atoms with E-state index in [9.17, 15) is 14.4 Å². The molecule has 8 heteroatoms. The van der Waals surface area contributed by atoms with Crippen LogP contribution in [0.5, 0.6) is 11.5 Å². The summed E-state index contributed by atoms with van der Waals surface area (Å²) >= 11 is 1.46. The summed E-state index contributed by atoms with van der Waals surface area (Å²) in [5.41, 5.74) is 3.51. The van der Waals surface area contributed by atoms with Crippen molar-refractivity contribution < 1.29 is 28.6 Å².